The zero-order valence-electron chi connectivity index (χ0n) is 11.5. The summed E-state index contributed by atoms with van der Waals surface area (Å²) in [6.07, 6.45) is 1.55. The molecule has 0 aliphatic rings. The van der Waals surface area contributed by atoms with Crippen LogP contribution in [0.5, 0.6) is 5.88 Å². The van der Waals surface area contributed by atoms with E-state index in [-0.39, 0.29) is 5.56 Å². The summed E-state index contributed by atoms with van der Waals surface area (Å²) < 4.78 is 32.1. The van der Waals surface area contributed by atoms with E-state index in [2.05, 4.69) is 9.97 Å². The van der Waals surface area contributed by atoms with E-state index in [1.165, 1.54) is 13.2 Å². The summed E-state index contributed by atoms with van der Waals surface area (Å²) in [5, 5.41) is 0. The van der Waals surface area contributed by atoms with Crippen LogP contribution in [0.15, 0.2) is 30.5 Å². The predicted octanol–water partition coefficient (Wildman–Crippen LogP) is 2.96. The van der Waals surface area contributed by atoms with Crippen LogP contribution in [0.4, 0.5) is 14.7 Å². The molecule has 0 fully saturated rings. The number of rotatable bonds is 4. The Morgan fingerprint density at radius 3 is 2.70 bits per heavy atom. The molecule has 0 radical (unpaired) electrons. The minimum absolute atomic E-state index is 0.249. The summed E-state index contributed by atoms with van der Waals surface area (Å²) in [5.41, 5.74) is 0.249. The van der Waals surface area contributed by atoms with Gasteiger partial charge in [-0.15, -0.1) is 0 Å². The number of methoxy groups -OCH3 is 1. The van der Waals surface area contributed by atoms with Gasteiger partial charge in [-0.1, -0.05) is 0 Å². The fourth-order valence-electron chi connectivity index (χ4n) is 1.83. The van der Waals surface area contributed by atoms with Crippen LogP contribution in [0.25, 0.3) is 0 Å². The fraction of sp³-hybridized carbons (Fsp3) is 0.286. The SMILES string of the molecule is COc1ccnc(N(C)[C@@H](C)c2cc(F)ccc2F)n1. The van der Waals surface area contributed by atoms with Gasteiger partial charge in [0.05, 0.1) is 13.2 Å². The minimum atomic E-state index is -0.479. The zero-order valence-corrected chi connectivity index (χ0v) is 11.5. The van der Waals surface area contributed by atoms with E-state index >= 15 is 0 Å². The summed E-state index contributed by atoms with van der Waals surface area (Å²) in [4.78, 5) is 9.92. The predicted molar refractivity (Wildman–Crippen MR) is 71.8 cm³/mol. The second kappa shape index (κ2) is 5.81. The topological polar surface area (TPSA) is 38.2 Å². The van der Waals surface area contributed by atoms with Gasteiger partial charge in [0.1, 0.15) is 11.6 Å². The number of hydrogen-bond donors (Lipinski definition) is 0. The molecule has 0 unspecified atom stereocenters. The van der Waals surface area contributed by atoms with Gasteiger partial charge in [-0.05, 0) is 25.1 Å². The maximum absolute atomic E-state index is 13.8. The molecule has 106 valence electrons. The van der Waals surface area contributed by atoms with Gasteiger partial charge in [0.15, 0.2) is 0 Å². The molecule has 1 aromatic heterocycles. The van der Waals surface area contributed by atoms with Gasteiger partial charge in [0, 0.05) is 24.9 Å². The molecule has 0 saturated heterocycles. The van der Waals surface area contributed by atoms with E-state index < -0.39 is 17.7 Å². The second-order valence-corrected chi connectivity index (χ2v) is 4.35. The number of nitrogens with zero attached hydrogens (tertiary/aromatic N) is 3. The van der Waals surface area contributed by atoms with Gasteiger partial charge < -0.3 is 9.64 Å². The summed E-state index contributed by atoms with van der Waals surface area (Å²) in [5.74, 6) is -0.156. The van der Waals surface area contributed by atoms with Crippen molar-refractivity contribution in [2.45, 2.75) is 13.0 Å². The molecule has 4 nitrogen and oxygen atoms in total. The van der Waals surface area contributed by atoms with E-state index in [1.54, 1.807) is 31.1 Å². The van der Waals surface area contributed by atoms with Gasteiger partial charge in [-0.25, -0.2) is 13.8 Å². The Morgan fingerprint density at radius 1 is 1.25 bits per heavy atom. The van der Waals surface area contributed by atoms with Crippen molar-refractivity contribution in [1.29, 1.82) is 0 Å². The van der Waals surface area contributed by atoms with Crippen molar-refractivity contribution in [2.75, 3.05) is 19.1 Å². The van der Waals surface area contributed by atoms with E-state index in [9.17, 15) is 8.78 Å². The van der Waals surface area contributed by atoms with Gasteiger partial charge in [-0.3, -0.25) is 0 Å². The third kappa shape index (κ3) is 2.84. The molecule has 20 heavy (non-hydrogen) atoms. The van der Waals surface area contributed by atoms with E-state index in [0.29, 0.717) is 11.8 Å². The van der Waals surface area contributed by atoms with E-state index in [0.717, 1.165) is 12.1 Å². The molecule has 1 heterocycles. The third-order valence-electron chi connectivity index (χ3n) is 3.13. The summed E-state index contributed by atoms with van der Waals surface area (Å²) >= 11 is 0. The molecule has 0 amide bonds. The molecule has 0 bridgehead atoms. The molecule has 2 aromatic rings. The van der Waals surface area contributed by atoms with Crippen LogP contribution in [0.1, 0.15) is 18.5 Å². The lowest BCUT2D eigenvalue weighted by Gasteiger charge is -2.25. The largest absolute Gasteiger partial charge is 0.481 e. The Hall–Kier alpha value is -2.24. The standard InChI is InChI=1S/C14H15F2N3O/c1-9(11-8-10(15)4-5-12(11)16)19(2)14-17-7-6-13(18-14)20-3/h4-9H,1-3H3/t9-/m0/s1. The molecule has 6 heteroatoms. The van der Waals surface area contributed by atoms with Crippen LogP contribution in [0.3, 0.4) is 0 Å². The first-order chi connectivity index (χ1) is 9.52. The Kier molecular flexibility index (Phi) is 4.12. The highest BCUT2D eigenvalue weighted by atomic mass is 19.1. The van der Waals surface area contributed by atoms with Crippen LogP contribution in [0, 0.1) is 11.6 Å². The van der Waals surface area contributed by atoms with Crippen molar-refractivity contribution in [1.82, 2.24) is 9.97 Å². The smallest absolute Gasteiger partial charge is 0.228 e. The molecular weight excluding hydrogens is 264 g/mol. The van der Waals surface area contributed by atoms with Crippen LogP contribution in [-0.4, -0.2) is 24.1 Å². The number of anilines is 1. The molecule has 0 aliphatic heterocycles. The van der Waals surface area contributed by atoms with E-state index in [4.69, 9.17) is 4.74 Å². The molecule has 0 spiro atoms. The lowest BCUT2D eigenvalue weighted by molar-refractivity contribution is 0.396. The zero-order chi connectivity index (χ0) is 14.7. The van der Waals surface area contributed by atoms with Crippen molar-refractivity contribution in [3.8, 4) is 5.88 Å². The van der Waals surface area contributed by atoms with Crippen molar-refractivity contribution in [2.24, 2.45) is 0 Å². The number of halogens is 2. The highest BCUT2D eigenvalue weighted by Gasteiger charge is 2.19. The molecule has 0 N–H and O–H groups in total. The first-order valence-electron chi connectivity index (χ1n) is 6.07. The number of aromatic nitrogens is 2. The molecule has 2 rings (SSSR count). The normalized spacial score (nSPS) is 12.1. The monoisotopic (exact) mass is 279 g/mol. The van der Waals surface area contributed by atoms with Gasteiger partial charge >= 0.3 is 0 Å². The van der Waals surface area contributed by atoms with E-state index in [1.807, 2.05) is 0 Å². The Labute approximate surface area is 116 Å². The van der Waals surface area contributed by atoms with Crippen LogP contribution >= 0.6 is 0 Å². The molecule has 1 aromatic carbocycles. The lowest BCUT2D eigenvalue weighted by Crippen LogP contribution is -2.24. The third-order valence-corrected chi connectivity index (χ3v) is 3.13. The first-order valence-corrected chi connectivity index (χ1v) is 6.07. The second-order valence-electron chi connectivity index (χ2n) is 4.35. The highest BCUT2D eigenvalue weighted by Crippen LogP contribution is 2.26. The Morgan fingerprint density at radius 2 is 2.00 bits per heavy atom. The summed E-state index contributed by atoms with van der Waals surface area (Å²) in [6.45, 7) is 1.75. The Bertz CT molecular complexity index is 607. The van der Waals surface area contributed by atoms with Crippen LogP contribution in [-0.2, 0) is 0 Å². The maximum atomic E-state index is 13.8. The summed E-state index contributed by atoms with van der Waals surface area (Å²) in [6, 6.07) is 4.58. The average Bonchev–Trinajstić information content (AvgIpc) is 2.48. The highest BCUT2D eigenvalue weighted by molar-refractivity contribution is 5.36. The maximum Gasteiger partial charge on any atom is 0.228 e. The minimum Gasteiger partial charge on any atom is -0.481 e. The van der Waals surface area contributed by atoms with Crippen molar-refractivity contribution in [3.63, 3.8) is 0 Å². The molecular formula is C14H15F2N3O. The van der Waals surface area contributed by atoms with Crippen LogP contribution < -0.4 is 9.64 Å². The van der Waals surface area contributed by atoms with Gasteiger partial charge in [-0.2, -0.15) is 4.98 Å². The molecule has 1 atom stereocenters. The molecule has 0 aliphatic carbocycles. The lowest BCUT2D eigenvalue weighted by atomic mass is 10.1. The van der Waals surface area contributed by atoms with Gasteiger partial charge in [0.2, 0.25) is 11.8 Å². The van der Waals surface area contributed by atoms with Crippen LogP contribution in [0.2, 0.25) is 0 Å². The van der Waals surface area contributed by atoms with Gasteiger partial charge in [0.25, 0.3) is 0 Å². The van der Waals surface area contributed by atoms with Crippen molar-refractivity contribution < 1.29 is 13.5 Å². The molecule has 0 saturated carbocycles. The number of ether oxygens (including phenoxy) is 1. The van der Waals surface area contributed by atoms with Crippen molar-refractivity contribution >= 4 is 5.95 Å². The fourth-order valence-corrected chi connectivity index (χ4v) is 1.83. The first kappa shape index (κ1) is 14.2. The average molecular weight is 279 g/mol. The summed E-state index contributed by atoms with van der Waals surface area (Å²) in [7, 11) is 3.21. The Balaban J connectivity index is 2.31. The number of hydrogen-bond acceptors (Lipinski definition) is 4. The number of benzene rings is 1. The quantitative estimate of drug-likeness (QED) is 0.862. The van der Waals surface area contributed by atoms with Crippen molar-refractivity contribution in [3.05, 3.63) is 47.7 Å².